The van der Waals surface area contributed by atoms with E-state index in [1.54, 1.807) is 30.3 Å². The fraction of sp³-hybridized carbons (Fsp3) is 0.188. The SMILES string of the molecule is O=C(O)C=CC1(C(F)(F)F)C=CC(c2ccccc2)=CC1F. The zero-order valence-electron chi connectivity index (χ0n) is 11.2. The number of carboxylic acid groups (broad SMARTS) is 1. The molecule has 0 aromatic heterocycles. The highest BCUT2D eigenvalue weighted by Crippen LogP contribution is 2.48. The molecular weight excluding hydrogens is 300 g/mol. The van der Waals surface area contributed by atoms with E-state index in [-0.39, 0.29) is 0 Å². The van der Waals surface area contributed by atoms with Gasteiger partial charge in [-0.15, -0.1) is 0 Å². The van der Waals surface area contributed by atoms with Crippen molar-refractivity contribution in [2.24, 2.45) is 5.41 Å². The van der Waals surface area contributed by atoms with Crippen LogP contribution in [0.25, 0.3) is 5.57 Å². The third kappa shape index (κ3) is 2.95. The lowest BCUT2D eigenvalue weighted by atomic mass is 9.76. The molecule has 0 fully saturated rings. The Hall–Kier alpha value is -2.37. The second kappa shape index (κ2) is 5.79. The number of aliphatic carboxylic acids is 1. The lowest BCUT2D eigenvalue weighted by Gasteiger charge is -2.34. The minimum absolute atomic E-state index is 0.311. The minimum atomic E-state index is -4.95. The summed E-state index contributed by atoms with van der Waals surface area (Å²) in [7, 11) is 0. The van der Waals surface area contributed by atoms with E-state index in [9.17, 15) is 22.4 Å². The van der Waals surface area contributed by atoms with Crippen molar-refractivity contribution < 1.29 is 27.5 Å². The Morgan fingerprint density at radius 3 is 2.36 bits per heavy atom. The van der Waals surface area contributed by atoms with Gasteiger partial charge >= 0.3 is 12.1 Å². The summed E-state index contributed by atoms with van der Waals surface area (Å²) in [6.45, 7) is 0. The normalized spacial score (nSPS) is 25.3. The van der Waals surface area contributed by atoms with Crippen LogP contribution < -0.4 is 0 Å². The van der Waals surface area contributed by atoms with E-state index in [2.05, 4.69) is 0 Å². The lowest BCUT2D eigenvalue weighted by Crippen LogP contribution is -2.43. The van der Waals surface area contributed by atoms with Crippen LogP contribution >= 0.6 is 0 Å². The van der Waals surface area contributed by atoms with Gasteiger partial charge in [0, 0.05) is 6.08 Å². The summed E-state index contributed by atoms with van der Waals surface area (Å²) in [5.74, 6) is -1.57. The molecule has 6 heteroatoms. The molecule has 1 aliphatic carbocycles. The van der Waals surface area contributed by atoms with Crippen molar-refractivity contribution in [3.63, 3.8) is 0 Å². The Kier molecular flexibility index (Phi) is 4.21. The van der Waals surface area contributed by atoms with Crippen molar-refractivity contribution >= 4 is 11.5 Å². The van der Waals surface area contributed by atoms with Crippen molar-refractivity contribution in [1.29, 1.82) is 0 Å². The fourth-order valence-corrected chi connectivity index (χ4v) is 2.20. The molecule has 0 bridgehead atoms. The van der Waals surface area contributed by atoms with Crippen LogP contribution in [-0.4, -0.2) is 23.4 Å². The van der Waals surface area contributed by atoms with Crippen molar-refractivity contribution in [2.75, 3.05) is 0 Å². The maximum atomic E-state index is 14.3. The number of rotatable bonds is 3. The third-order valence-electron chi connectivity index (χ3n) is 3.42. The molecule has 1 aromatic carbocycles. The van der Waals surface area contributed by atoms with Gasteiger partial charge in [-0.1, -0.05) is 48.6 Å². The number of carboxylic acids is 1. The molecule has 2 rings (SSSR count). The number of halogens is 4. The van der Waals surface area contributed by atoms with E-state index in [1.807, 2.05) is 0 Å². The quantitative estimate of drug-likeness (QED) is 0.672. The molecular formula is C16H12F4O2. The summed E-state index contributed by atoms with van der Waals surface area (Å²) >= 11 is 0. The summed E-state index contributed by atoms with van der Waals surface area (Å²) in [4.78, 5) is 10.5. The van der Waals surface area contributed by atoms with E-state index in [0.29, 0.717) is 29.4 Å². The van der Waals surface area contributed by atoms with Crippen molar-refractivity contribution in [3.05, 3.63) is 66.3 Å². The average Bonchev–Trinajstić information content (AvgIpc) is 2.45. The number of allylic oxidation sites excluding steroid dienone is 5. The van der Waals surface area contributed by atoms with Gasteiger partial charge in [-0.3, -0.25) is 0 Å². The molecule has 0 aliphatic heterocycles. The minimum Gasteiger partial charge on any atom is -0.478 e. The van der Waals surface area contributed by atoms with Gasteiger partial charge < -0.3 is 5.11 Å². The number of hydrogen-bond donors (Lipinski definition) is 1. The maximum absolute atomic E-state index is 14.3. The Balaban J connectivity index is 2.43. The largest absolute Gasteiger partial charge is 0.478 e. The molecule has 2 atom stereocenters. The molecule has 0 amide bonds. The Bertz CT molecular complexity index is 644. The second-order valence-corrected chi connectivity index (χ2v) is 4.83. The first-order chi connectivity index (χ1) is 10.3. The predicted molar refractivity (Wildman–Crippen MR) is 73.7 cm³/mol. The van der Waals surface area contributed by atoms with Gasteiger partial charge in [0.05, 0.1) is 0 Å². The Labute approximate surface area is 124 Å². The maximum Gasteiger partial charge on any atom is 0.404 e. The smallest absolute Gasteiger partial charge is 0.404 e. The number of benzene rings is 1. The second-order valence-electron chi connectivity index (χ2n) is 4.83. The van der Waals surface area contributed by atoms with Gasteiger partial charge in [0.25, 0.3) is 0 Å². The molecule has 0 saturated heterocycles. The molecule has 116 valence electrons. The first-order valence-corrected chi connectivity index (χ1v) is 6.36. The molecule has 1 aromatic rings. The number of carbonyl (C=O) groups is 1. The number of hydrogen-bond acceptors (Lipinski definition) is 1. The van der Waals surface area contributed by atoms with Crippen LogP contribution in [0, 0.1) is 5.41 Å². The van der Waals surface area contributed by atoms with Crippen molar-refractivity contribution in [3.8, 4) is 0 Å². The number of alkyl halides is 4. The first-order valence-electron chi connectivity index (χ1n) is 6.36. The first kappa shape index (κ1) is 16.0. The molecule has 0 saturated carbocycles. The molecule has 1 aliphatic rings. The molecule has 0 spiro atoms. The van der Waals surface area contributed by atoms with Gasteiger partial charge in [0.15, 0.2) is 0 Å². The summed E-state index contributed by atoms with van der Waals surface area (Å²) < 4.78 is 54.1. The summed E-state index contributed by atoms with van der Waals surface area (Å²) in [5, 5.41) is 8.52. The Morgan fingerprint density at radius 2 is 1.86 bits per heavy atom. The molecule has 0 heterocycles. The van der Waals surface area contributed by atoms with Gasteiger partial charge in [-0.25, -0.2) is 9.18 Å². The van der Waals surface area contributed by atoms with Crippen LogP contribution in [0.15, 0.2) is 60.7 Å². The molecule has 2 nitrogen and oxygen atoms in total. The van der Waals surface area contributed by atoms with E-state index in [0.717, 1.165) is 12.2 Å². The van der Waals surface area contributed by atoms with E-state index < -0.39 is 23.7 Å². The molecule has 2 unspecified atom stereocenters. The zero-order chi connectivity index (χ0) is 16.4. The lowest BCUT2D eigenvalue weighted by molar-refractivity contribution is -0.202. The predicted octanol–water partition coefficient (Wildman–Crippen LogP) is 4.17. The van der Waals surface area contributed by atoms with Crippen LogP contribution in [-0.2, 0) is 4.79 Å². The van der Waals surface area contributed by atoms with E-state index in [4.69, 9.17) is 5.11 Å². The zero-order valence-corrected chi connectivity index (χ0v) is 11.2. The molecule has 22 heavy (non-hydrogen) atoms. The standard InChI is InChI=1S/C16H12F4O2/c17-13-10-12(11-4-2-1-3-5-11)6-8-15(13,16(18,19)20)9-7-14(21)22/h1-10,13H,(H,21,22). The van der Waals surface area contributed by atoms with E-state index in [1.165, 1.54) is 0 Å². The topological polar surface area (TPSA) is 37.3 Å². The van der Waals surface area contributed by atoms with Gasteiger partial charge in [-0.05, 0) is 17.2 Å². The molecule has 1 N–H and O–H groups in total. The van der Waals surface area contributed by atoms with Crippen LogP contribution in [0.4, 0.5) is 17.6 Å². The fourth-order valence-electron chi connectivity index (χ4n) is 2.20. The van der Waals surface area contributed by atoms with Crippen LogP contribution in [0.2, 0.25) is 0 Å². The van der Waals surface area contributed by atoms with Gasteiger partial charge in [0.2, 0.25) is 0 Å². The monoisotopic (exact) mass is 312 g/mol. The van der Waals surface area contributed by atoms with Gasteiger partial charge in [-0.2, -0.15) is 13.2 Å². The summed E-state index contributed by atoms with van der Waals surface area (Å²) in [5.41, 5.74) is -2.07. The highest BCUT2D eigenvalue weighted by atomic mass is 19.4. The third-order valence-corrected chi connectivity index (χ3v) is 3.42. The Morgan fingerprint density at radius 1 is 1.23 bits per heavy atom. The van der Waals surface area contributed by atoms with Crippen LogP contribution in [0.1, 0.15) is 5.56 Å². The van der Waals surface area contributed by atoms with Crippen molar-refractivity contribution in [1.82, 2.24) is 0 Å². The van der Waals surface area contributed by atoms with Crippen LogP contribution in [0.5, 0.6) is 0 Å². The molecule has 0 radical (unpaired) electrons. The van der Waals surface area contributed by atoms with Gasteiger partial charge in [0.1, 0.15) is 11.6 Å². The average molecular weight is 312 g/mol. The highest BCUT2D eigenvalue weighted by Gasteiger charge is 2.57. The summed E-state index contributed by atoms with van der Waals surface area (Å²) in [6.07, 6.45) is -4.03. The van der Waals surface area contributed by atoms with E-state index >= 15 is 0 Å². The van der Waals surface area contributed by atoms with Crippen molar-refractivity contribution in [2.45, 2.75) is 12.3 Å². The highest BCUT2D eigenvalue weighted by molar-refractivity contribution is 5.80. The summed E-state index contributed by atoms with van der Waals surface area (Å²) in [6, 6.07) is 8.41. The van der Waals surface area contributed by atoms with Crippen LogP contribution in [0.3, 0.4) is 0 Å².